The van der Waals surface area contributed by atoms with Gasteiger partial charge in [0.15, 0.2) is 5.82 Å². The molecule has 2 heterocycles. The number of aromatic nitrogens is 2. The first-order valence-electron chi connectivity index (χ1n) is 8.71. The van der Waals surface area contributed by atoms with Gasteiger partial charge in [-0.2, -0.15) is 4.98 Å². The van der Waals surface area contributed by atoms with Crippen molar-refractivity contribution in [3.05, 3.63) is 83.0 Å². The summed E-state index contributed by atoms with van der Waals surface area (Å²) in [6.45, 7) is 0.685. The monoisotopic (exact) mass is 369 g/mol. The summed E-state index contributed by atoms with van der Waals surface area (Å²) in [5, 5.41) is 3.99. The van der Waals surface area contributed by atoms with Crippen molar-refractivity contribution in [3.63, 3.8) is 0 Å². The zero-order valence-corrected chi connectivity index (χ0v) is 14.4. The van der Waals surface area contributed by atoms with Gasteiger partial charge in [-0.15, -0.1) is 0 Å². The Morgan fingerprint density at radius 2 is 1.89 bits per heavy atom. The van der Waals surface area contributed by atoms with Gasteiger partial charge < -0.3 is 9.42 Å². The molecule has 1 saturated heterocycles. The van der Waals surface area contributed by atoms with Crippen LogP contribution in [0.2, 0.25) is 0 Å². The van der Waals surface area contributed by atoms with Crippen molar-refractivity contribution in [1.29, 1.82) is 0 Å². The van der Waals surface area contributed by atoms with Crippen LogP contribution in [0, 0.1) is 11.6 Å². The maximum Gasteiger partial charge on any atom is 0.256 e. The number of rotatable bonds is 5. The van der Waals surface area contributed by atoms with Crippen molar-refractivity contribution in [1.82, 2.24) is 15.0 Å². The third kappa shape index (κ3) is 3.72. The number of amides is 1. The maximum atomic E-state index is 13.7. The highest BCUT2D eigenvalue weighted by Gasteiger charge is 2.36. The molecule has 1 aromatic heterocycles. The van der Waals surface area contributed by atoms with Crippen LogP contribution in [0.4, 0.5) is 8.78 Å². The molecule has 0 saturated carbocycles. The van der Waals surface area contributed by atoms with Gasteiger partial charge in [0.2, 0.25) is 5.89 Å². The maximum absolute atomic E-state index is 13.7. The molecule has 0 aliphatic carbocycles. The molecule has 0 spiro atoms. The summed E-state index contributed by atoms with van der Waals surface area (Å²) in [5.41, 5.74) is 0.934. The lowest BCUT2D eigenvalue weighted by Gasteiger charge is -2.37. The van der Waals surface area contributed by atoms with Crippen LogP contribution in [0.3, 0.4) is 0 Å². The summed E-state index contributed by atoms with van der Waals surface area (Å²) in [6, 6.07) is 12.9. The number of nitrogens with zero attached hydrogens (tertiary/aromatic N) is 3. The molecule has 0 atom stereocenters. The van der Waals surface area contributed by atoms with Crippen molar-refractivity contribution in [2.24, 2.45) is 0 Å². The Morgan fingerprint density at radius 3 is 2.67 bits per heavy atom. The molecular formula is C20H17F2N3O2. The van der Waals surface area contributed by atoms with E-state index in [0.717, 1.165) is 24.6 Å². The Hall–Kier alpha value is -3.09. The van der Waals surface area contributed by atoms with E-state index in [9.17, 15) is 13.6 Å². The molecule has 0 radical (unpaired) electrons. The second kappa shape index (κ2) is 7.26. The molecule has 5 nitrogen and oxygen atoms in total. The highest BCUT2D eigenvalue weighted by Crippen LogP contribution is 2.28. The lowest BCUT2D eigenvalue weighted by atomic mass is 9.98. The number of likely N-dealkylation sites (tertiary alicyclic amines) is 1. The molecule has 0 unspecified atom stereocenters. The number of hydrogen-bond acceptors (Lipinski definition) is 4. The Labute approximate surface area is 154 Å². The largest absolute Gasteiger partial charge is 0.339 e. The van der Waals surface area contributed by atoms with Crippen LogP contribution in [-0.4, -0.2) is 34.0 Å². The van der Waals surface area contributed by atoms with Gasteiger partial charge in [-0.3, -0.25) is 4.79 Å². The molecule has 2 aromatic carbocycles. The third-order valence-corrected chi connectivity index (χ3v) is 4.64. The predicted octanol–water partition coefficient (Wildman–Crippen LogP) is 3.37. The van der Waals surface area contributed by atoms with Crippen LogP contribution >= 0.6 is 0 Å². The molecule has 1 aliphatic rings. The van der Waals surface area contributed by atoms with Crippen molar-refractivity contribution in [2.45, 2.75) is 18.8 Å². The summed E-state index contributed by atoms with van der Waals surface area (Å²) in [4.78, 5) is 18.1. The summed E-state index contributed by atoms with van der Waals surface area (Å²) in [5.74, 6) is -0.894. The van der Waals surface area contributed by atoms with Crippen molar-refractivity contribution in [3.8, 4) is 0 Å². The van der Waals surface area contributed by atoms with Crippen LogP contribution in [-0.2, 0) is 12.8 Å². The molecule has 27 heavy (non-hydrogen) atoms. The van der Waals surface area contributed by atoms with Gasteiger partial charge in [-0.25, -0.2) is 8.78 Å². The van der Waals surface area contributed by atoms with E-state index in [1.165, 1.54) is 10.5 Å². The normalized spacial score (nSPS) is 14.2. The zero-order valence-electron chi connectivity index (χ0n) is 14.4. The van der Waals surface area contributed by atoms with Crippen LogP contribution in [0.15, 0.2) is 53.1 Å². The quantitative estimate of drug-likeness (QED) is 0.692. The number of hydrogen-bond donors (Lipinski definition) is 0. The molecular weight excluding hydrogens is 352 g/mol. The van der Waals surface area contributed by atoms with Gasteiger partial charge in [0.05, 0.1) is 11.5 Å². The number of halogens is 2. The minimum absolute atomic E-state index is 0.0801. The molecule has 1 aliphatic heterocycles. The Kier molecular flexibility index (Phi) is 4.66. The summed E-state index contributed by atoms with van der Waals surface area (Å²) in [6.07, 6.45) is 1.48. The molecule has 1 amide bonds. The zero-order chi connectivity index (χ0) is 18.8. The molecule has 3 aromatic rings. The first-order chi connectivity index (χ1) is 13.1. The molecule has 1 fully saturated rings. The van der Waals surface area contributed by atoms with Crippen molar-refractivity contribution >= 4 is 5.91 Å². The summed E-state index contributed by atoms with van der Waals surface area (Å²) in [7, 11) is 0. The molecule has 0 N–H and O–H groups in total. The topological polar surface area (TPSA) is 59.2 Å². The van der Waals surface area contributed by atoms with E-state index in [1.807, 2.05) is 30.3 Å². The molecule has 7 heteroatoms. The lowest BCUT2D eigenvalue weighted by Crippen LogP contribution is -2.48. The van der Waals surface area contributed by atoms with Gasteiger partial charge in [0.1, 0.15) is 11.6 Å². The van der Waals surface area contributed by atoms with E-state index in [2.05, 4.69) is 10.1 Å². The highest BCUT2D eigenvalue weighted by molar-refractivity contribution is 5.95. The van der Waals surface area contributed by atoms with Crippen molar-refractivity contribution in [2.75, 3.05) is 13.1 Å². The third-order valence-electron chi connectivity index (χ3n) is 4.64. The van der Waals surface area contributed by atoms with E-state index < -0.39 is 17.5 Å². The Morgan fingerprint density at radius 1 is 1.11 bits per heavy atom. The van der Waals surface area contributed by atoms with Gasteiger partial charge in [0, 0.05) is 19.5 Å². The SMILES string of the molecule is O=C(c1cc(F)ccc1F)N1CC(c2nc(CCc3ccccc3)no2)C1. The fourth-order valence-corrected chi connectivity index (χ4v) is 3.07. The average molecular weight is 369 g/mol. The standard InChI is InChI=1S/C20H17F2N3O2/c21-15-7-8-17(22)16(10-15)20(26)25-11-14(12-25)19-23-18(24-27-19)9-6-13-4-2-1-3-5-13/h1-5,7-8,10,14H,6,9,11-12H2. The van der Waals surface area contributed by atoms with Crippen LogP contribution < -0.4 is 0 Å². The van der Waals surface area contributed by atoms with E-state index in [-0.39, 0.29) is 11.5 Å². The van der Waals surface area contributed by atoms with Crippen molar-refractivity contribution < 1.29 is 18.1 Å². The predicted molar refractivity (Wildman–Crippen MR) is 93.2 cm³/mol. The smallest absolute Gasteiger partial charge is 0.256 e. The second-order valence-corrected chi connectivity index (χ2v) is 6.57. The van der Waals surface area contributed by atoms with Gasteiger partial charge in [0.25, 0.3) is 5.91 Å². The van der Waals surface area contributed by atoms with Crippen LogP contribution in [0.1, 0.15) is 33.6 Å². The number of carbonyl (C=O) groups excluding carboxylic acids is 1. The molecule has 0 bridgehead atoms. The molecule has 138 valence electrons. The Balaban J connectivity index is 1.34. The van der Waals surface area contributed by atoms with Crippen LogP contribution in [0.25, 0.3) is 0 Å². The summed E-state index contributed by atoms with van der Waals surface area (Å²) < 4.78 is 32.3. The van der Waals surface area contributed by atoms with E-state index >= 15 is 0 Å². The fraction of sp³-hybridized carbons (Fsp3) is 0.250. The minimum atomic E-state index is -0.731. The fourth-order valence-electron chi connectivity index (χ4n) is 3.07. The second-order valence-electron chi connectivity index (χ2n) is 6.57. The number of benzene rings is 2. The number of carbonyl (C=O) groups is 1. The highest BCUT2D eigenvalue weighted by atomic mass is 19.1. The van der Waals surface area contributed by atoms with Crippen LogP contribution in [0.5, 0.6) is 0 Å². The first kappa shape index (κ1) is 17.3. The van der Waals surface area contributed by atoms with E-state index in [4.69, 9.17) is 4.52 Å². The molecule has 4 rings (SSSR count). The van der Waals surface area contributed by atoms with Gasteiger partial charge in [-0.1, -0.05) is 35.5 Å². The van der Waals surface area contributed by atoms with Gasteiger partial charge >= 0.3 is 0 Å². The average Bonchev–Trinajstić information content (AvgIpc) is 3.10. The van der Waals surface area contributed by atoms with E-state index in [1.54, 1.807) is 0 Å². The van der Waals surface area contributed by atoms with E-state index in [0.29, 0.717) is 31.2 Å². The van der Waals surface area contributed by atoms with Gasteiger partial charge in [-0.05, 0) is 30.2 Å². The number of aryl methyl sites for hydroxylation is 2. The Bertz CT molecular complexity index is 953. The first-order valence-corrected chi connectivity index (χ1v) is 8.71. The summed E-state index contributed by atoms with van der Waals surface area (Å²) >= 11 is 0. The lowest BCUT2D eigenvalue weighted by molar-refractivity contribution is 0.0564. The minimum Gasteiger partial charge on any atom is -0.339 e.